The van der Waals surface area contributed by atoms with Crippen LogP contribution < -0.4 is 10.2 Å². The lowest BCUT2D eigenvalue weighted by atomic mass is 9.76. The normalized spacial score (nSPS) is 14.6. The van der Waals surface area contributed by atoms with Crippen LogP contribution in [0.4, 0.5) is 0 Å². The highest BCUT2D eigenvalue weighted by Crippen LogP contribution is 2.25. The van der Waals surface area contributed by atoms with Crippen molar-refractivity contribution in [2.45, 2.75) is 20.0 Å². The molecule has 29 heavy (non-hydrogen) atoms. The van der Waals surface area contributed by atoms with E-state index in [2.05, 4.69) is 9.97 Å². The monoisotopic (exact) mass is 420 g/mol. The van der Waals surface area contributed by atoms with Gasteiger partial charge in [0.05, 0.1) is 24.8 Å². The van der Waals surface area contributed by atoms with Gasteiger partial charge < -0.3 is 19.5 Å². The van der Waals surface area contributed by atoms with Crippen LogP contribution in [0.25, 0.3) is 0 Å². The van der Waals surface area contributed by atoms with E-state index in [1.807, 2.05) is 0 Å². The Labute approximate surface area is 168 Å². The van der Waals surface area contributed by atoms with Crippen molar-refractivity contribution in [3.63, 3.8) is 0 Å². The summed E-state index contributed by atoms with van der Waals surface area (Å²) in [5.74, 6) is -0.751. The maximum atomic E-state index is 12.3. The Bertz CT molecular complexity index is 1010. The molecule has 1 aliphatic heterocycles. The third-order valence-corrected chi connectivity index (χ3v) is 5.68. The first-order valence-electron chi connectivity index (χ1n) is 8.91. The van der Waals surface area contributed by atoms with Crippen molar-refractivity contribution in [3.8, 4) is 11.6 Å². The number of aromatic nitrogens is 2. The van der Waals surface area contributed by atoms with E-state index in [9.17, 15) is 23.3 Å². The van der Waals surface area contributed by atoms with Gasteiger partial charge >= 0.3 is 7.12 Å². The maximum absolute atomic E-state index is 12.3. The molecule has 154 valence electrons. The summed E-state index contributed by atoms with van der Waals surface area (Å²) >= 11 is 0. The minimum Gasteiger partial charge on any atom is -0.437 e. The van der Waals surface area contributed by atoms with E-state index >= 15 is 0 Å². The van der Waals surface area contributed by atoms with Crippen molar-refractivity contribution in [2.24, 2.45) is 5.92 Å². The summed E-state index contributed by atoms with van der Waals surface area (Å²) in [5, 5.41) is 19.2. The van der Waals surface area contributed by atoms with Gasteiger partial charge in [-0.25, -0.2) is 18.4 Å². The largest absolute Gasteiger partial charge is 0.492 e. The minimum atomic E-state index is -3.31. The van der Waals surface area contributed by atoms with E-state index in [-0.39, 0.29) is 23.7 Å². The second kappa shape index (κ2) is 8.58. The average Bonchev–Trinajstić information content (AvgIpc) is 3.04. The van der Waals surface area contributed by atoms with Crippen LogP contribution in [0.3, 0.4) is 0 Å². The van der Waals surface area contributed by atoms with E-state index in [4.69, 9.17) is 9.39 Å². The van der Waals surface area contributed by atoms with Crippen LogP contribution in [0.5, 0.6) is 11.6 Å². The van der Waals surface area contributed by atoms with E-state index in [1.54, 1.807) is 19.1 Å². The number of rotatable bonds is 8. The Morgan fingerprint density at radius 3 is 2.72 bits per heavy atom. The van der Waals surface area contributed by atoms with Gasteiger partial charge in [0.2, 0.25) is 5.88 Å². The fourth-order valence-corrected chi connectivity index (χ4v) is 4.27. The van der Waals surface area contributed by atoms with Crippen molar-refractivity contribution in [3.05, 3.63) is 41.3 Å². The number of aliphatic hydroxyl groups excluding tert-OH is 1. The molecule has 11 heteroatoms. The summed E-state index contributed by atoms with van der Waals surface area (Å²) < 4.78 is 33.6. The number of aliphatic hydroxyl groups is 1. The molecule has 0 saturated carbocycles. The van der Waals surface area contributed by atoms with Crippen LogP contribution in [-0.4, -0.2) is 60.0 Å². The molecule has 0 spiro atoms. The van der Waals surface area contributed by atoms with Crippen LogP contribution in [0.1, 0.15) is 28.0 Å². The lowest BCUT2D eigenvalue weighted by Crippen LogP contribution is -2.30. The number of hydrogen-bond acceptors (Lipinski definition) is 9. The van der Waals surface area contributed by atoms with Crippen molar-refractivity contribution in [1.82, 2.24) is 9.97 Å². The first-order chi connectivity index (χ1) is 13.7. The van der Waals surface area contributed by atoms with Crippen molar-refractivity contribution < 1.29 is 32.7 Å². The quantitative estimate of drug-likeness (QED) is 0.447. The zero-order valence-electron chi connectivity index (χ0n) is 16.0. The van der Waals surface area contributed by atoms with E-state index in [0.29, 0.717) is 17.8 Å². The molecule has 3 rings (SSSR count). The molecule has 0 amide bonds. The van der Waals surface area contributed by atoms with E-state index < -0.39 is 35.3 Å². The lowest BCUT2D eigenvalue weighted by molar-refractivity contribution is 0.0939. The van der Waals surface area contributed by atoms with Crippen molar-refractivity contribution in [1.29, 1.82) is 0 Å². The molecule has 1 aromatic carbocycles. The first kappa shape index (κ1) is 21.4. The fraction of sp³-hybridized carbons (Fsp3) is 0.389. The highest BCUT2D eigenvalue weighted by atomic mass is 32.2. The molecule has 1 aliphatic rings. The number of ketones is 1. The Morgan fingerprint density at radius 1 is 1.34 bits per heavy atom. The van der Waals surface area contributed by atoms with Gasteiger partial charge in [-0.1, -0.05) is 6.07 Å². The summed E-state index contributed by atoms with van der Waals surface area (Å²) in [6.45, 7) is 1.72. The topological polar surface area (TPSA) is 136 Å². The highest BCUT2D eigenvalue weighted by molar-refractivity contribution is 7.90. The fourth-order valence-electron chi connectivity index (χ4n) is 3.19. The number of Topliss-reactive ketones (excluding diaryl/α,β-unsaturated/α-hetero) is 1. The molecule has 2 N–H and O–H groups in total. The molecular weight excluding hydrogens is 399 g/mol. The molecule has 1 atom stereocenters. The molecule has 0 unspecified atom stereocenters. The molecule has 0 fully saturated rings. The summed E-state index contributed by atoms with van der Waals surface area (Å²) in [6, 6.07) is 3.55. The minimum absolute atomic E-state index is 0.0544. The SMILES string of the molecule is Cc1c(Oc2cnc(C(=O)C[C@@H](CO)CS(C)(=O)=O)cn2)ccc2c1B(O)OC2. The molecule has 1 aromatic heterocycles. The maximum Gasteiger partial charge on any atom is 0.492 e. The number of benzene rings is 1. The van der Waals surface area contributed by atoms with Gasteiger partial charge in [-0.3, -0.25) is 4.79 Å². The summed E-state index contributed by atoms with van der Waals surface area (Å²) in [5.41, 5.74) is 2.34. The Kier molecular flexibility index (Phi) is 6.32. The zero-order valence-corrected chi connectivity index (χ0v) is 16.8. The standard InChI is InChI=1S/C18H21BN2O7S/c1-11-16(4-3-13-9-27-19(24)18(11)13)28-17-7-20-14(6-21-17)15(23)5-12(8-22)10-29(2,25)26/h3-4,6-7,12,22,24H,5,8-10H2,1-2H3/t12-/m0/s1. The van der Waals surface area contributed by atoms with Gasteiger partial charge in [0, 0.05) is 25.2 Å². The van der Waals surface area contributed by atoms with Crippen LogP contribution in [0, 0.1) is 12.8 Å². The summed E-state index contributed by atoms with van der Waals surface area (Å²) in [6.07, 6.45) is 3.43. The molecule has 0 aliphatic carbocycles. The Balaban J connectivity index is 1.69. The molecule has 2 heterocycles. The molecule has 0 radical (unpaired) electrons. The molecule has 0 bridgehead atoms. The van der Waals surface area contributed by atoms with Gasteiger partial charge in [0.1, 0.15) is 21.3 Å². The molecule has 0 saturated heterocycles. The predicted molar refractivity (Wildman–Crippen MR) is 105 cm³/mol. The second-order valence-corrected chi connectivity index (χ2v) is 9.22. The number of carbonyl (C=O) groups excluding carboxylic acids is 1. The third kappa shape index (κ3) is 5.18. The number of sulfone groups is 1. The van der Waals surface area contributed by atoms with Crippen LogP contribution >= 0.6 is 0 Å². The van der Waals surface area contributed by atoms with Crippen molar-refractivity contribution >= 4 is 28.2 Å². The third-order valence-electron chi connectivity index (χ3n) is 4.60. The number of fused-ring (bicyclic) bond motifs is 1. The average molecular weight is 420 g/mol. The lowest BCUT2D eigenvalue weighted by Gasteiger charge is -2.12. The molecular formula is C18H21BN2O7S. The summed E-state index contributed by atoms with van der Waals surface area (Å²) in [7, 11) is -4.31. The van der Waals surface area contributed by atoms with Crippen LogP contribution in [-0.2, 0) is 21.1 Å². The highest BCUT2D eigenvalue weighted by Gasteiger charge is 2.30. The second-order valence-electron chi connectivity index (χ2n) is 7.04. The van der Waals surface area contributed by atoms with Gasteiger partial charge in [-0.05, 0) is 29.6 Å². The van der Waals surface area contributed by atoms with Gasteiger partial charge in [0.25, 0.3) is 0 Å². The number of hydrogen-bond donors (Lipinski definition) is 2. The number of nitrogens with zero attached hydrogens (tertiary/aromatic N) is 2. The van der Waals surface area contributed by atoms with Crippen molar-refractivity contribution in [2.75, 3.05) is 18.6 Å². The van der Waals surface area contributed by atoms with Gasteiger partial charge in [0.15, 0.2) is 5.78 Å². The Hall–Kier alpha value is -2.34. The Morgan fingerprint density at radius 2 is 2.10 bits per heavy atom. The molecule has 2 aromatic rings. The smallest absolute Gasteiger partial charge is 0.437 e. The van der Waals surface area contributed by atoms with Crippen LogP contribution in [0.2, 0.25) is 0 Å². The van der Waals surface area contributed by atoms with Crippen LogP contribution in [0.15, 0.2) is 24.5 Å². The van der Waals surface area contributed by atoms with Gasteiger partial charge in [-0.15, -0.1) is 0 Å². The zero-order chi connectivity index (χ0) is 21.2. The first-order valence-corrected chi connectivity index (χ1v) is 11.0. The molecule has 9 nitrogen and oxygen atoms in total. The summed E-state index contributed by atoms with van der Waals surface area (Å²) in [4.78, 5) is 20.4. The number of ether oxygens (including phenoxy) is 1. The van der Waals surface area contributed by atoms with Gasteiger partial charge in [-0.2, -0.15) is 0 Å². The number of carbonyl (C=O) groups is 1. The van der Waals surface area contributed by atoms with E-state index in [1.165, 1.54) is 12.4 Å². The van der Waals surface area contributed by atoms with E-state index in [0.717, 1.165) is 17.4 Å². The predicted octanol–water partition coefficient (Wildman–Crippen LogP) is 0.0209.